The molecule has 4 heteroatoms. The van der Waals surface area contributed by atoms with Gasteiger partial charge in [0.25, 0.3) is 0 Å². The molecular formula is C15H20N4. The zero-order valence-corrected chi connectivity index (χ0v) is 11.6. The summed E-state index contributed by atoms with van der Waals surface area (Å²) >= 11 is 0. The van der Waals surface area contributed by atoms with Crippen molar-refractivity contribution in [1.29, 1.82) is 0 Å². The van der Waals surface area contributed by atoms with Crippen molar-refractivity contribution in [2.75, 3.05) is 6.54 Å². The Balaban J connectivity index is 1.82. The number of nitrogens with zero attached hydrogens (tertiary/aromatic N) is 3. The third-order valence-electron chi connectivity index (χ3n) is 3.51. The first-order valence-corrected chi connectivity index (χ1v) is 7.00. The number of aryl methyl sites for hydroxylation is 1. The molecule has 19 heavy (non-hydrogen) atoms. The number of nitrogens with one attached hydrogen (secondary N) is 1. The summed E-state index contributed by atoms with van der Waals surface area (Å²) in [4.78, 5) is 4.55. The predicted molar refractivity (Wildman–Crippen MR) is 75.5 cm³/mol. The van der Waals surface area contributed by atoms with E-state index in [0.29, 0.717) is 5.92 Å². The van der Waals surface area contributed by atoms with Crippen molar-refractivity contribution in [2.45, 2.75) is 39.2 Å². The van der Waals surface area contributed by atoms with E-state index >= 15 is 0 Å². The lowest BCUT2D eigenvalue weighted by Gasteiger charge is -2.08. The van der Waals surface area contributed by atoms with Gasteiger partial charge in [0.15, 0.2) is 5.82 Å². The molecule has 3 rings (SSSR count). The molecule has 1 fully saturated rings. The molecule has 0 aliphatic heterocycles. The van der Waals surface area contributed by atoms with Crippen LogP contribution in [0.5, 0.6) is 0 Å². The molecule has 0 spiro atoms. The number of hydrogen-bond donors (Lipinski definition) is 1. The van der Waals surface area contributed by atoms with Gasteiger partial charge in [-0.1, -0.05) is 6.92 Å². The zero-order chi connectivity index (χ0) is 13.2. The number of pyridine rings is 1. The molecule has 1 N–H and O–H groups in total. The van der Waals surface area contributed by atoms with Crippen LogP contribution in [0.1, 0.15) is 42.5 Å². The lowest BCUT2D eigenvalue weighted by molar-refractivity contribution is 0.720. The fraction of sp³-hybridized carbons (Fsp3) is 0.467. The first-order valence-electron chi connectivity index (χ1n) is 7.00. The van der Waals surface area contributed by atoms with Crippen LogP contribution in [0, 0.1) is 6.92 Å². The minimum atomic E-state index is 0.689. The van der Waals surface area contributed by atoms with Crippen molar-refractivity contribution < 1.29 is 0 Å². The Morgan fingerprint density at radius 2 is 2.26 bits per heavy atom. The molecule has 100 valence electrons. The highest BCUT2D eigenvalue weighted by Crippen LogP contribution is 2.39. The molecule has 0 amide bonds. The first kappa shape index (κ1) is 12.4. The van der Waals surface area contributed by atoms with Gasteiger partial charge in [0.05, 0.1) is 5.69 Å². The lowest BCUT2D eigenvalue weighted by atomic mass is 10.2. The van der Waals surface area contributed by atoms with Crippen LogP contribution < -0.4 is 5.32 Å². The summed E-state index contributed by atoms with van der Waals surface area (Å²) in [6.07, 6.45) is 6.52. The van der Waals surface area contributed by atoms with Gasteiger partial charge in [-0.15, -0.1) is 0 Å². The van der Waals surface area contributed by atoms with E-state index in [2.05, 4.69) is 41.4 Å². The molecule has 2 aromatic rings. The standard InChI is InChI=1S/C15H20N4/c1-3-16-9-12-8-11(2)15(17-10-12)19-7-6-14(18-19)13-4-5-13/h6-8,10,13,16H,3-5,9H2,1-2H3. The smallest absolute Gasteiger partial charge is 0.156 e. The maximum absolute atomic E-state index is 4.63. The summed E-state index contributed by atoms with van der Waals surface area (Å²) in [7, 11) is 0. The van der Waals surface area contributed by atoms with E-state index in [1.54, 1.807) is 0 Å². The van der Waals surface area contributed by atoms with E-state index in [9.17, 15) is 0 Å². The van der Waals surface area contributed by atoms with E-state index < -0.39 is 0 Å². The summed E-state index contributed by atoms with van der Waals surface area (Å²) in [5.74, 6) is 1.63. The van der Waals surface area contributed by atoms with Crippen LogP contribution in [-0.2, 0) is 6.54 Å². The predicted octanol–water partition coefficient (Wildman–Crippen LogP) is 2.56. The highest BCUT2D eigenvalue weighted by molar-refractivity contribution is 5.35. The second kappa shape index (κ2) is 5.13. The summed E-state index contributed by atoms with van der Waals surface area (Å²) in [5, 5.41) is 7.95. The molecule has 2 heterocycles. The van der Waals surface area contributed by atoms with Gasteiger partial charge in [-0.2, -0.15) is 5.10 Å². The normalized spacial score (nSPS) is 14.8. The van der Waals surface area contributed by atoms with Gasteiger partial charge >= 0.3 is 0 Å². The topological polar surface area (TPSA) is 42.7 Å². The second-order valence-electron chi connectivity index (χ2n) is 5.22. The molecule has 0 radical (unpaired) electrons. The van der Waals surface area contributed by atoms with E-state index in [4.69, 9.17) is 0 Å². The molecule has 1 saturated carbocycles. The van der Waals surface area contributed by atoms with Gasteiger partial charge in [-0.25, -0.2) is 9.67 Å². The molecular weight excluding hydrogens is 236 g/mol. The largest absolute Gasteiger partial charge is 0.313 e. The molecule has 4 nitrogen and oxygen atoms in total. The van der Waals surface area contributed by atoms with E-state index in [1.165, 1.54) is 29.7 Å². The van der Waals surface area contributed by atoms with Gasteiger partial charge in [0.2, 0.25) is 0 Å². The van der Waals surface area contributed by atoms with Crippen LogP contribution in [-0.4, -0.2) is 21.3 Å². The second-order valence-corrected chi connectivity index (χ2v) is 5.22. The van der Waals surface area contributed by atoms with Crippen LogP contribution in [0.4, 0.5) is 0 Å². The van der Waals surface area contributed by atoms with Crippen LogP contribution in [0.3, 0.4) is 0 Å². The summed E-state index contributed by atoms with van der Waals surface area (Å²) in [6.45, 7) is 6.05. The minimum Gasteiger partial charge on any atom is -0.313 e. The van der Waals surface area contributed by atoms with Gasteiger partial charge in [0.1, 0.15) is 0 Å². The summed E-state index contributed by atoms with van der Waals surface area (Å²) in [6, 6.07) is 4.30. The number of rotatable bonds is 5. The van der Waals surface area contributed by atoms with Gasteiger partial charge in [0, 0.05) is 24.9 Å². The SMILES string of the molecule is CCNCc1cnc(-n2ccc(C3CC3)n2)c(C)c1. The Morgan fingerprint density at radius 1 is 1.42 bits per heavy atom. The third-order valence-corrected chi connectivity index (χ3v) is 3.51. The molecule has 1 aliphatic carbocycles. The van der Waals surface area contributed by atoms with Crippen molar-refractivity contribution in [2.24, 2.45) is 0 Å². The van der Waals surface area contributed by atoms with Crippen molar-refractivity contribution >= 4 is 0 Å². The Morgan fingerprint density at radius 3 is 2.95 bits per heavy atom. The van der Waals surface area contributed by atoms with E-state index in [-0.39, 0.29) is 0 Å². The molecule has 2 aromatic heterocycles. The van der Waals surface area contributed by atoms with Crippen molar-refractivity contribution in [3.63, 3.8) is 0 Å². The average Bonchev–Trinajstić information content (AvgIpc) is 3.15. The third kappa shape index (κ3) is 2.68. The Hall–Kier alpha value is -1.68. The van der Waals surface area contributed by atoms with Crippen molar-refractivity contribution in [3.8, 4) is 5.82 Å². The highest BCUT2D eigenvalue weighted by Gasteiger charge is 2.26. The molecule has 0 atom stereocenters. The van der Waals surface area contributed by atoms with Gasteiger partial charge < -0.3 is 5.32 Å². The van der Waals surface area contributed by atoms with Gasteiger partial charge in [-0.05, 0) is 49.6 Å². The molecule has 0 saturated heterocycles. The minimum absolute atomic E-state index is 0.689. The van der Waals surface area contributed by atoms with Crippen LogP contribution in [0.2, 0.25) is 0 Å². The van der Waals surface area contributed by atoms with E-state index in [0.717, 1.165) is 18.9 Å². The maximum Gasteiger partial charge on any atom is 0.156 e. The molecule has 0 unspecified atom stereocenters. The fourth-order valence-corrected chi connectivity index (χ4v) is 2.28. The zero-order valence-electron chi connectivity index (χ0n) is 11.6. The fourth-order valence-electron chi connectivity index (χ4n) is 2.28. The highest BCUT2D eigenvalue weighted by atomic mass is 15.3. The quantitative estimate of drug-likeness (QED) is 0.894. The summed E-state index contributed by atoms with van der Waals surface area (Å²) < 4.78 is 1.90. The summed E-state index contributed by atoms with van der Waals surface area (Å²) in [5.41, 5.74) is 3.59. The Kier molecular flexibility index (Phi) is 3.34. The van der Waals surface area contributed by atoms with Crippen molar-refractivity contribution in [1.82, 2.24) is 20.1 Å². The molecule has 1 aliphatic rings. The average molecular weight is 256 g/mol. The number of aromatic nitrogens is 3. The maximum atomic E-state index is 4.63. The van der Waals surface area contributed by atoms with Crippen LogP contribution in [0.25, 0.3) is 5.82 Å². The molecule has 0 bridgehead atoms. The van der Waals surface area contributed by atoms with Gasteiger partial charge in [-0.3, -0.25) is 0 Å². The Labute approximate surface area is 113 Å². The van der Waals surface area contributed by atoms with Crippen molar-refractivity contribution in [3.05, 3.63) is 41.3 Å². The van der Waals surface area contributed by atoms with Crippen LogP contribution in [0.15, 0.2) is 24.5 Å². The molecule has 0 aromatic carbocycles. The van der Waals surface area contributed by atoms with E-state index in [1.807, 2.05) is 17.1 Å². The monoisotopic (exact) mass is 256 g/mol. The first-order chi connectivity index (χ1) is 9.28. The van der Waals surface area contributed by atoms with Crippen LogP contribution >= 0.6 is 0 Å². The number of hydrogen-bond acceptors (Lipinski definition) is 3. The Bertz CT molecular complexity index is 569. The lowest BCUT2D eigenvalue weighted by Crippen LogP contribution is -2.12.